The van der Waals surface area contributed by atoms with E-state index in [1.54, 1.807) is 0 Å². The predicted octanol–water partition coefficient (Wildman–Crippen LogP) is 2.05. The highest BCUT2D eigenvalue weighted by Crippen LogP contribution is 2.54. The third-order valence-corrected chi connectivity index (χ3v) is 11.1. The number of alkyl halides is 9. The van der Waals surface area contributed by atoms with E-state index in [1.165, 1.54) is 49.6 Å². The second-order valence-electron chi connectivity index (χ2n) is 5.88. The Kier molecular flexibility index (Phi) is 7.36. The summed E-state index contributed by atoms with van der Waals surface area (Å²) < 4.78 is 152. The molecule has 2 aromatic rings. The van der Waals surface area contributed by atoms with E-state index in [9.17, 15) is 47.9 Å². The summed E-state index contributed by atoms with van der Waals surface area (Å²) in [4.78, 5) is 0. The standard InChI is InChI=1S/C17H12F9IO4S/c1-30-13-9-7-12(8-10-13)27(11-5-3-2-4-6-11)31-32(28,29)17(25,26)15(20,21)14(18,19)16(22,23)24/h2-10H,1H3/q+1. The molecule has 0 bridgehead atoms. The van der Waals surface area contributed by atoms with E-state index in [0.717, 1.165) is 12.1 Å². The molecule has 0 spiro atoms. The summed E-state index contributed by atoms with van der Waals surface area (Å²) in [5.74, 6) is -14.5. The number of rotatable bonds is 8. The smallest absolute Gasteiger partial charge is 0.460 e. The molecule has 0 unspecified atom stereocenters. The van der Waals surface area contributed by atoms with Crippen molar-refractivity contribution in [1.29, 1.82) is 0 Å². The van der Waals surface area contributed by atoms with Crippen molar-refractivity contribution in [3.05, 3.63) is 61.7 Å². The molecule has 179 valence electrons. The van der Waals surface area contributed by atoms with E-state index in [0.29, 0.717) is 0 Å². The first-order chi connectivity index (χ1) is 14.5. The normalized spacial score (nSPS) is 14.0. The summed E-state index contributed by atoms with van der Waals surface area (Å²) in [5.41, 5.74) is 0. The van der Waals surface area contributed by atoms with Gasteiger partial charge in [-0.15, -0.1) is 0 Å². The fourth-order valence-electron chi connectivity index (χ4n) is 2.05. The van der Waals surface area contributed by atoms with Gasteiger partial charge in [0.05, 0.1) is 7.11 Å². The molecule has 0 fully saturated rings. The van der Waals surface area contributed by atoms with Crippen LogP contribution in [0.1, 0.15) is 0 Å². The first kappa shape index (κ1) is 26.5. The Morgan fingerprint density at radius 1 is 0.719 bits per heavy atom. The molecular formula is C17H12F9IO4S+. The van der Waals surface area contributed by atoms with Crippen LogP contribution in [0.5, 0.6) is 5.75 Å². The van der Waals surface area contributed by atoms with Gasteiger partial charge >= 0.3 is 53.6 Å². The minimum absolute atomic E-state index is 0.0489. The number of hydrogen-bond acceptors (Lipinski definition) is 4. The molecule has 0 aromatic heterocycles. The van der Waals surface area contributed by atoms with Crippen LogP contribution in [0.3, 0.4) is 0 Å². The van der Waals surface area contributed by atoms with E-state index in [4.69, 9.17) is 4.74 Å². The average molecular weight is 610 g/mol. The summed E-state index contributed by atoms with van der Waals surface area (Å²) in [6, 6.07) is 11.3. The molecule has 32 heavy (non-hydrogen) atoms. The maximum absolute atomic E-state index is 14.1. The van der Waals surface area contributed by atoms with Crippen LogP contribution in [0.4, 0.5) is 39.5 Å². The fourth-order valence-corrected chi connectivity index (χ4v) is 9.03. The third kappa shape index (κ3) is 4.64. The summed E-state index contributed by atoms with van der Waals surface area (Å²) in [5, 5.41) is -6.92. The zero-order chi connectivity index (χ0) is 24.6. The van der Waals surface area contributed by atoms with E-state index in [2.05, 4.69) is 2.51 Å². The van der Waals surface area contributed by atoms with Crippen molar-refractivity contribution in [3.8, 4) is 5.75 Å². The quantitative estimate of drug-likeness (QED) is 0.340. The molecule has 0 aliphatic carbocycles. The molecule has 1 radical (unpaired) electrons. The second kappa shape index (κ2) is 8.89. The van der Waals surface area contributed by atoms with Crippen LogP contribution >= 0.6 is 0 Å². The van der Waals surface area contributed by atoms with Crippen LogP contribution in [0.25, 0.3) is 0 Å². The zero-order valence-electron chi connectivity index (χ0n) is 15.5. The molecule has 0 aliphatic heterocycles. The number of methoxy groups -OCH3 is 1. The van der Waals surface area contributed by atoms with Crippen molar-refractivity contribution in [3.63, 3.8) is 0 Å². The van der Waals surface area contributed by atoms with Gasteiger partial charge in [0.25, 0.3) is 0 Å². The van der Waals surface area contributed by atoms with E-state index >= 15 is 0 Å². The summed E-state index contributed by atoms with van der Waals surface area (Å²) in [7, 11) is -5.73. The molecule has 0 atom stereocenters. The topological polar surface area (TPSA) is 52.6 Å². The number of ether oxygens (including phenoxy) is 1. The third-order valence-electron chi connectivity index (χ3n) is 3.75. The fraction of sp³-hybridized carbons (Fsp3) is 0.294. The summed E-state index contributed by atoms with van der Waals surface area (Å²) in [6.45, 7) is 0. The molecule has 0 N–H and O–H groups in total. The molecular weight excluding hydrogens is 598 g/mol. The van der Waals surface area contributed by atoms with Crippen LogP contribution in [0, 0.1) is 7.14 Å². The summed E-state index contributed by atoms with van der Waals surface area (Å²) >= 11 is -4.08. The van der Waals surface area contributed by atoms with Gasteiger partial charge in [-0.05, 0) is 38.9 Å². The van der Waals surface area contributed by atoms with Crippen molar-refractivity contribution < 1.29 is 75.4 Å². The van der Waals surface area contributed by atoms with E-state index in [1.807, 2.05) is 0 Å². The maximum Gasteiger partial charge on any atom is 0.460 e. The van der Waals surface area contributed by atoms with Gasteiger partial charge in [0, 0.05) is 0 Å². The molecule has 4 nitrogen and oxygen atoms in total. The molecule has 2 rings (SSSR count). The average Bonchev–Trinajstić information content (AvgIpc) is 2.71. The van der Waals surface area contributed by atoms with Crippen molar-refractivity contribution in [2.75, 3.05) is 7.11 Å². The van der Waals surface area contributed by atoms with Crippen molar-refractivity contribution >= 4 is 10.1 Å². The van der Waals surface area contributed by atoms with E-state index < -0.39 is 53.6 Å². The zero-order valence-corrected chi connectivity index (χ0v) is 18.5. The Morgan fingerprint density at radius 3 is 1.62 bits per heavy atom. The molecule has 0 saturated carbocycles. The molecule has 0 saturated heterocycles. The Balaban J connectivity index is 2.56. The Labute approximate surface area is 183 Å². The number of benzene rings is 2. The molecule has 0 amide bonds. The van der Waals surface area contributed by atoms with Gasteiger partial charge in [-0.1, -0.05) is 18.2 Å². The van der Waals surface area contributed by atoms with Gasteiger partial charge in [0.1, 0.15) is 5.75 Å². The highest BCUT2D eigenvalue weighted by Gasteiger charge is 2.86. The van der Waals surface area contributed by atoms with E-state index in [-0.39, 0.29) is 12.9 Å². The van der Waals surface area contributed by atoms with Crippen molar-refractivity contribution in [2.24, 2.45) is 0 Å². The van der Waals surface area contributed by atoms with Gasteiger partial charge in [0.2, 0.25) is 0 Å². The van der Waals surface area contributed by atoms with Gasteiger partial charge < -0.3 is 4.74 Å². The highest BCUT2D eigenvalue weighted by molar-refractivity contribution is 7.87. The number of halogens is 10. The van der Waals surface area contributed by atoms with Crippen molar-refractivity contribution in [1.82, 2.24) is 0 Å². The largest absolute Gasteiger partial charge is 0.497 e. The minimum Gasteiger partial charge on any atom is -0.497 e. The molecule has 2 aromatic carbocycles. The molecule has 0 aliphatic rings. The molecule has 15 heteroatoms. The lowest BCUT2D eigenvalue weighted by Gasteiger charge is -2.31. The van der Waals surface area contributed by atoms with Crippen LogP contribution in [0.2, 0.25) is 0 Å². The minimum atomic E-state index is -7.37. The maximum atomic E-state index is 14.1. The second-order valence-corrected chi connectivity index (χ2v) is 12.4. The lowest BCUT2D eigenvalue weighted by molar-refractivity contribution is -1.03. The lowest BCUT2D eigenvalue weighted by atomic mass is 10.1. The Morgan fingerprint density at radius 2 is 1.19 bits per heavy atom. The predicted molar refractivity (Wildman–Crippen MR) is 87.7 cm³/mol. The van der Waals surface area contributed by atoms with Crippen LogP contribution in [0.15, 0.2) is 54.6 Å². The first-order valence-electron chi connectivity index (χ1n) is 8.03. The monoisotopic (exact) mass is 610 g/mol. The lowest BCUT2D eigenvalue weighted by Crippen LogP contribution is -3.85. The summed E-state index contributed by atoms with van der Waals surface area (Å²) in [6.07, 6.45) is -7.16. The van der Waals surface area contributed by atoms with Gasteiger partial charge in [0.15, 0.2) is 7.14 Å². The first-order valence-corrected chi connectivity index (χ1v) is 12.5. The Bertz CT molecular complexity index is 1030. The van der Waals surface area contributed by atoms with Crippen LogP contribution < -0.4 is 25.0 Å². The SMILES string of the molecule is COc1ccc([I+](OS(=O)(=O)C(F)(F)C(F)(F)C(F)(F)C(F)(F)F)c2ccccc2)cc1. The van der Waals surface area contributed by atoms with Gasteiger partial charge in [-0.2, -0.15) is 47.9 Å². The van der Waals surface area contributed by atoms with Crippen molar-refractivity contribution in [2.45, 2.75) is 23.3 Å². The number of hydrogen-bond donors (Lipinski definition) is 0. The van der Waals surface area contributed by atoms with Gasteiger partial charge in [-0.25, -0.2) is 0 Å². The van der Waals surface area contributed by atoms with Crippen LogP contribution in [-0.4, -0.2) is 38.8 Å². The van der Waals surface area contributed by atoms with Crippen LogP contribution in [-0.2, 0) is 12.6 Å². The van der Waals surface area contributed by atoms with Gasteiger partial charge in [-0.3, -0.25) is 0 Å². The Hall–Kier alpha value is -1.75. The highest BCUT2D eigenvalue weighted by atomic mass is 127. The molecule has 0 heterocycles.